The SMILES string of the molecule is CC.O=C(Nc1ccc(-c2cc3c(cc2Cl)CCC3)cn1)c1c(F)cccc1F. The summed E-state index contributed by atoms with van der Waals surface area (Å²) in [6, 6.07) is 10.7. The Balaban J connectivity index is 0.00000117. The highest BCUT2D eigenvalue weighted by Gasteiger charge is 2.18. The van der Waals surface area contributed by atoms with Crippen molar-refractivity contribution in [2.75, 3.05) is 5.32 Å². The maximum Gasteiger partial charge on any atom is 0.262 e. The number of benzene rings is 2. The zero-order chi connectivity index (χ0) is 21.0. The fourth-order valence-corrected chi connectivity index (χ4v) is 3.63. The number of hydrogen-bond acceptors (Lipinski definition) is 2. The lowest BCUT2D eigenvalue weighted by Crippen LogP contribution is -2.16. The first-order valence-electron chi connectivity index (χ1n) is 9.56. The van der Waals surface area contributed by atoms with Gasteiger partial charge in [0.1, 0.15) is 23.0 Å². The van der Waals surface area contributed by atoms with Crippen molar-refractivity contribution in [1.82, 2.24) is 4.98 Å². The minimum Gasteiger partial charge on any atom is -0.306 e. The largest absolute Gasteiger partial charge is 0.306 e. The van der Waals surface area contributed by atoms with Gasteiger partial charge in [-0.25, -0.2) is 13.8 Å². The Bertz CT molecular complexity index is 1020. The number of nitrogens with one attached hydrogen (secondary N) is 1. The van der Waals surface area contributed by atoms with Gasteiger partial charge < -0.3 is 5.32 Å². The van der Waals surface area contributed by atoms with Crippen LogP contribution < -0.4 is 5.32 Å². The van der Waals surface area contributed by atoms with Gasteiger partial charge in [0.15, 0.2) is 0 Å². The molecule has 0 fully saturated rings. The molecule has 1 aliphatic rings. The van der Waals surface area contributed by atoms with Crippen LogP contribution in [0.2, 0.25) is 5.02 Å². The minimum atomic E-state index is -0.922. The van der Waals surface area contributed by atoms with E-state index in [0.29, 0.717) is 5.02 Å². The molecule has 4 rings (SSSR count). The third-order valence-corrected chi connectivity index (χ3v) is 5.00. The predicted molar refractivity (Wildman–Crippen MR) is 112 cm³/mol. The second-order valence-corrected chi connectivity index (χ2v) is 6.84. The first-order chi connectivity index (χ1) is 14.0. The van der Waals surface area contributed by atoms with Crippen molar-refractivity contribution < 1.29 is 13.6 Å². The van der Waals surface area contributed by atoms with Crippen molar-refractivity contribution in [3.8, 4) is 11.1 Å². The number of hydrogen-bond donors (Lipinski definition) is 1. The van der Waals surface area contributed by atoms with Crippen molar-refractivity contribution in [2.24, 2.45) is 0 Å². The quantitative estimate of drug-likeness (QED) is 0.535. The lowest BCUT2D eigenvalue weighted by molar-refractivity contribution is 0.101. The molecule has 29 heavy (non-hydrogen) atoms. The van der Waals surface area contributed by atoms with Crippen LogP contribution in [-0.4, -0.2) is 10.9 Å². The molecular weight excluding hydrogens is 394 g/mol. The van der Waals surface area contributed by atoms with Gasteiger partial charge in [-0.1, -0.05) is 31.5 Å². The molecule has 0 unspecified atom stereocenters. The van der Waals surface area contributed by atoms with E-state index in [4.69, 9.17) is 11.6 Å². The van der Waals surface area contributed by atoms with Crippen LogP contribution in [0.15, 0.2) is 48.7 Å². The predicted octanol–water partition coefficient (Wildman–Crippen LogP) is 6.45. The number of fused-ring (bicyclic) bond motifs is 1. The summed E-state index contributed by atoms with van der Waals surface area (Å²) in [5.74, 6) is -2.53. The number of anilines is 1. The van der Waals surface area contributed by atoms with Crippen LogP contribution in [0.5, 0.6) is 0 Å². The number of rotatable bonds is 3. The van der Waals surface area contributed by atoms with Crippen LogP contribution in [-0.2, 0) is 12.8 Å². The second kappa shape index (κ2) is 9.14. The summed E-state index contributed by atoms with van der Waals surface area (Å²) in [5.41, 5.74) is 3.63. The van der Waals surface area contributed by atoms with E-state index in [0.717, 1.165) is 42.5 Å². The fraction of sp³-hybridized carbons (Fsp3) is 0.217. The van der Waals surface area contributed by atoms with Crippen molar-refractivity contribution in [3.63, 3.8) is 0 Å². The smallest absolute Gasteiger partial charge is 0.262 e. The third kappa shape index (κ3) is 4.46. The molecule has 0 bridgehead atoms. The number of nitrogens with zero attached hydrogens (tertiary/aromatic N) is 1. The van der Waals surface area contributed by atoms with E-state index in [1.54, 1.807) is 18.3 Å². The van der Waals surface area contributed by atoms with E-state index in [1.807, 2.05) is 19.9 Å². The van der Waals surface area contributed by atoms with Crippen LogP contribution in [0.4, 0.5) is 14.6 Å². The molecule has 0 saturated heterocycles. The first kappa shape index (κ1) is 20.9. The molecule has 2 aromatic carbocycles. The van der Waals surface area contributed by atoms with Gasteiger partial charge in [0, 0.05) is 22.3 Å². The molecule has 6 heteroatoms. The fourth-order valence-electron chi connectivity index (χ4n) is 3.34. The van der Waals surface area contributed by atoms with Crippen molar-refractivity contribution in [3.05, 3.63) is 82.0 Å². The Morgan fingerprint density at radius 1 is 1.03 bits per heavy atom. The van der Waals surface area contributed by atoms with E-state index in [-0.39, 0.29) is 5.82 Å². The summed E-state index contributed by atoms with van der Waals surface area (Å²) in [7, 11) is 0. The van der Waals surface area contributed by atoms with E-state index >= 15 is 0 Å². The average Bonchev–Trinajstić information content (AvgIpc) is 3.16. The van der Waals surface area contributed by atoms with Gasteiger partial charge in [-0.05, 0) is 66.8 Å². The highest BCUT2D eigenvalue weighted by atomic mass is 35.5. The number of carbonyl (C=O) groups is 1. The lowest BCUT2D eigenvalue weighted by atomic mass is 10.0. The van der Waals surface area contributed by atoms with Gasteiger partial charge in [0.2, 0.25) is 0 Å². The molecule has 150 valence electrons. The molecule has 0 aliphatic heterocycles. The summed E-state index contributed by atoms with van der Waals surface area (Å²) in [6.07, 6.45) is 4.79. The van der Waals surface area contributed by atoms with Gasteiger partial charge >= 0.3 is 0 Å². The molecular formula is C23H21ClF2N2O. The number of halogens is 3. The number of amides is 1. The second-order valence-electron chi connectivity index (χ2n) is 6.44. The number of aromatic nitrogens is 1. The van der Waals surface area contributed by atoms with Gasteiger partial charge in [-0.15, -0.1) is 0 Å². The normalized spacial score (nSPS) is 12.0. The summed E-state index contributed by atoms with van der Waals surface area (Å²) < 4.78 is 27.4. The summed E-state index contributed by atoms with van der Waals surface area (Å²) in [5, 5.41) is 3.07. The van der Waals surface area contributed by atoms with Crippen molar-refractivity contribution >= 4 is 23.3 Å². The first-order valence-corrected chi connectivity index (χ1v) is 9.94. The van der Waals surface area contributed by atoms with Crippen LogP contribution in [0.1, 0.15) is 41.8 Å². The van der Waals surface area contributed by atoms with E-state index in [1.165, 1.54) is 17.2 Å². The zero-order valence-electron chi connectivity index (χ0n) is 16.2. The third-order valence-electron chi connectivity index (χ3n) is 4.69. The molecule has 1 heterocycles. The minimum absolute atomic E-state index is 0.198. The topological polar surface area (TPSA) is 42.0 Å². The van der Waals surface area contributed by atoms with Gasteiger partial charge in [-0.2, -0.15) is 0 Å². The maximum absolute atomic E-state index is 13.7. The average molecular weight is 415 g/mol. The maximum atomic E-state index is 13.7. The van der Waals surface area contributed by atoms with Crippen LogP contribution in [0.25, 0.3) is 11.1 Å². The van der Waals surface area contributed by atoms with Crippen LogP contribution in [0, 0.1) is 11.6 Å². The number of pyridine rings is 1. The van der Waals surface area contributed by atoms with E-state index < -0.39 is 23.1 Å². The van der Waals surface area contributed by atoms with Gasteiger partial charge in [-0.3, -0.25) is 4.79 Å². The lowest BCUT2D eigenvalue weighted by Gasteiger charge is -2.10. The molecule has 1 aliphatic carbocycles. The summed E-state index contributed by atoms with van der Waals surface area (Å²) >= 11 is 6.40. The van der Waals surface area contributed by atoms with Gasteiger partial charge in [0.25, 0.3) is 5.91 Å². The molecule has 0 atom stereocenters. The molecule has 1 aromatic heterocycles. The molecule has 0 radical (unpaired) electrons. The zero-order valence-corrected chi connectivity index (χ0v) is 17.0. The Hall–Kier alpha value is -2.79. The standard InChI is InChI=1S/C21H15ClF2N2O.C2H6/c22-16-10-13-4-1-3-12(13)9-15(16)14-7-8-19(25-11-14)26-21(27)20-17(23)5-2-6-18(20)24;1-2/h2,5-11H,1,3-4H2,(H,25,26,27);1-2H3. The number of carbonyl (C=O) groups excluding carboxylic acids is 1. The summed E-state index contributed by atoms with van der Waals surface area (Å²) in [4.78, 5) is 16.3. The van der Waals surface area contributed by atoms with Crippen molar-refractivity contribution in [1.29, 1.82) is 0 Å². The molecule has 1 N–H and O–H groups in total. The highest BCUT2D eigenvalue weighted by Crippen LogP contribution is 2.34. The molecule has 0 saturated carbocycles. The Labute approximate surface area is 173 Å². The molecule has 0 spiro atoms. The van der Waals surface area contributed by atoms with E-state index in [9.17, 15) is 13.6 Å². The molecule has 3 nitrogen and oxygen atoms in total. The highest BCUT2D eigenvalue weighted by molar-refractivity contribution is 6.33. The Morgan fingerprint density at radius 3 is 2.31 bits per heavy atom. The van der Waals surface area contributed by atoms with E-state index in [2.05, 4.69) is 16.4 Å². The molecule has 1 amide bonds. The van der Waals surface area contributed by atoms with Crippen LogP contribution >= 0.6 is 11.6 Å². The monoisotopic (exact) mass is 414 g/mol. The van der Waals surface area contributed by atoms with Crippen molar-refractivity contribution in [2.45, 2.75) is 33.1 Å². The summed E-state index contributed by atoms with van der Waals surface area (Å²) in [6.45, 7) is 4.00. The molecule has 3 aromatic rings. The van der Waals surface area contributed by atoms with Gasteiger partial charge in [0.05, 0.1) is 0 Å². The van der Waals surface area contributed by atoms with Crippen LogP contribution in [0.3, 0.4) is 0 Å². The Kier molecular flexibility index (Phi) is 6.60. The Morgan fingerprint density at radius 2 is 1.69 bits per heavy atom. The number of aryl methyl sites for hydroxylation is 2.